The summed E-state index contributed by atoms with van der Waals surface area (Å²) in [7, 11) is 0. The Morgan fingerprint density at radius 2 is 1.77 bits per heavy atom. The van der Waals surface area contributed by atoms with Crippen LogP contribution in [0.1, 0.15) is 42.6 Å². The Morgan fingerprint density at radius 1 is 1.10 bits per heavy atom. The number of aromatic nitrogens is 1. The van der Waals surface area contributed by atoms with Crippen molar-refractivity contribution in [2.75, 3.05) is 6.54 Å². The van der Waals surface area contributed by atoms with E-state index in [0.717, 1.165) is 12.8 Å². The average molecular weight is 413 g/mol. The highest BCUT2D eigenvalue weighted by atomic mass is 19.1. The number of halogens is 2. The number of amides is 1. The van der Waals surface area contributed by atoms with Gasteiger partial charge in [-0.3, -0.25) is 9.78 Å². The van der Waals surface area contributed by atoms with Crippen molar-refractivity contribution in [3.63, 3.8) is 0 Å². The number of carbonyl (C=O) groups excluding carboxylic acids is 1. The van der Waals surface area contributed by atoms with E-state index >= 15 is 0 Å². The van der Waals surface area contributed by atoms with Gasteiger partial charge in [0.05, 0.1) is 11.1 Å². The van der Waals surface area contributed by atoms with Gasteiger partial charge in [0, 0.05) is 23.7 Å². The van der Waals surface area contributed by atoms with E-state index in [1.54, 1.807) is 24.3 Å². The number of fused-ring (bicyclic) bond motifs is 1. The molecule has 1 amide bonds. The number of carbonyl (C=O) groups is 1. The molecule has 30 heavy (non-hydrogen) atoms. The molecule has 0 atom stereocenters. The Bertz CT molecular complexity index is 1030. The summed E-state index contributed by atoms with van der Waals surface area (Å²) in [6.07, 6.45) is 2.99. The van der Waals surface area contributed by atoms with Gasteiger partial charge in [-0.05, 0) is 37.1 Å². The number of nitrogens with two attached hydrogens (primary N) is 1. The Hall–Kier alpha value is -3.06. The summed E-state index contributed by atoms with van der Waals surface area (Å²) in [5, 5.41) is 3.47. The molecule has 0 aliphatic rings. The van der Waals surface area contributed by atoms with Gasteiger partial charge in [0.1, 0.15) is 29.5 Å². The van der Waals surface area contributed by atoms with Crippen LogP contribution < -0.4 is 15.8 Å². The lowest BCUT2D eigenvalue weighted by molar-refractivity contribution is 0.0943. The molecule has 0 aliphatic heterocycles. The van der Waals surface area contributed by atoms with Crippen molar-refractivity contribution in [1.82, 2.24) is 10.3 Å². The molecule has 158 valence electrons. The summed E-state index contributed by atoms with van der Waals surface area (Å²) in [4.78, 5) is 17.1. The summed E-state index contributed by atoms with van der Waals surface area (Å²) in [6, 6.07) is 10.4. The second kappa shape index (κ2) is 9.17. The number of hydrogen-bond acceptors (Lipinski definition) is 4. The lowest BCUT2D eigenvalue weighted by atomic mass is 9.94. The summed E-state index contributed by atoms with van der Waals surface area (Å²) in [5.74, 6) is -1.29. The van der Waals surface area contributed by atoms with Crippen LogP contribution in [0.2, 0.25) is 0 Å². The average Bonchev–Trinajstić information content (AvgIpc) is 2.76. The highest BCUT2D eigenvalue weighted by Crippen LogP contribution is 2.27. The fraction of sp³-hybridized carbons (Fsp3) is 0.304. The van der Waals surface area contributed by atoms with Crippen LogP contribution in [0.4, 0.5) is 8.78 Å². The van der Waals surface area contributed by atoms with Crippen molar-refractivity contribution >= 4 is 16.8 Å². The van der Waals surface area contributed by atoms with E-state index in [0.29, 0.717) is 28.8 Å². The Labute approximate surface area is 174 Å². The molecular formula is C23H25F2N3O2. The summed E-state index contributed by atoms with van der Waals surface area (Å²) in [6.45, 7) is 4.03. The third-order valence-corrected chi connectivity index (χ3v) is 5.42. The number of nitrogens with one attached hydrogen (secondary N) is 1. The fourth-order valence-corrected chi connectivity index (χ4v) is 3.14. The lowest BCUT2D eigenvalue weighted by Crippen LogP contribution is -2.49. The molecule has 0 saturated heterocycles. The molecule has 0 spiro atoms. The molecule has 3 rings (SSSR count). The van der Waals surface area contributed by atoms with Crippen molar-refractivity contribution in [2.45, 2.75) is 38.8 Å². The van der Waals surface area contributed by atoms with E-state index in [1.807, 2.05) is 13.8 Å². The molecule has 0 bridgehead atoms. The molecule has 0 saturated carbocycles. The minimum Gasteiger partial charge on any atom is -0.486 e. The SMILES string of the molecule is CCC(N)(CC)CNC(=O)c1ccnc2c(OCc3c(F)cccc3F)cccc12. The summed E-state index contributed by atoms with van der Waals surface area (Å²) >= 11 is 0. The highest BCUT2D eigenvalue weighted by molar-refractivity contribution is 6.07. The lowest BCUT2D eigenvalue weighted by Gasteiger charge is -2.26. The fourth-order valence-electron chi connectivity index (χ4n) is 3.14. The van der Waals surface area contributed by atoms with E-state index in [2.05, 4.69) is 10.3 Å². The van der Waals surface area contributed by atoms with E-state index < -0.39 is 17.2 Å². The zero-order valence-electron chi connectivity index (χ0n) is 17.0. The van der Waals surface area contributed by atoms with Gasteiger partial charge in [0.25, 0.3) is 5.91 Å². The largest absolute Gasteiger partial charge is 0.486 e. The van der Waals surface area contributed by atoms with Crippen molar-refractivity contribution in [2.24, 2.45) is 5.73 Å². The van der Waals surface area contributed by atoms with Crippen LogP contribution in [0.3, 0.4) is 0 Å². The molecule has 2 aromatic carbocycles. The molecule has 0 aliphatic carbocycles. The molecule has 5 nitrogen and oxygen atoms in total. The first kappa shape index (κ1) is 21.6. The van der Waals surface area contributed by atoms with E-state index in [4.69, 9.17) is 10.5 Å². The maximum absolute atomic E-state index is 13.9. The summed E-state index contributed by atoms with van der Waals surface area (Å²) in [5.41, 5.74) is 6.51. The standard InChI is InChI=1S/C23H25F2N3O2/c1-3-23(26,4-2)14-28-22(29)16-11-12-27-21-15(16)7-5-10-20(21)30-13-17-18(24)8-6-9-19(17)25/h5-12H,3-4,13-14,26H2,1-2H3,(H,28,29). The van der Waals surface area contributed by atoms with Gasteiger partial charge in [-0.25, -0.2) is 8.78 Å². The Kier molecular flexibility index (Phi) is 6.62. The smallest absolute Gasteiger partial charge is 0.252 e. The molecule has 1 heterocycles. The van der Waals surface area contributed by atoms with Gasteiger partial charge in [0.2, 0.25) is 0 Å². The summed E-state index contributed by atoms with van der Waals surface area (Å²) < 4.78 is 33.4. The quantitative estimate of drug-likeness (QED) is 0.576. The molecular weight excluding hydrogens is 388 g/mol. The number of rotatable bonds is 8. The normalized spacial score (nSPS) is 11.5. The number of hydrogen-bond donors (Lipinski definition) is 2. The third kappa shape index (κ3) is 4.57. The first-order valence-corrected chi connectivity index (χ1v) is 9.89. The van der Waals surface area contributed by atoms with Crippen molar-refractivity contribution in [3.05, 3.63) is 71.4 Å². The van der Waals surface area contributed by atoms with Crippen LogP contribution in [0.25, 0.3) is 10.9 Å². The first-order chi connectivity index (χ1) is 14.4. The Morgan fingerprint density at radius 3 is 2.43 bits per heavy atom. The van der Waals surface area contributed by atoms with Crippen LogP contribution in [0.15, 0.2) is 48.7 Å². The second-order valence-electron chi connectivity index (χ2n) is 7.25. The van der Waals surface area contributed by atoms with E-state index in [1.165, 1.54) is 24.4 Å². The van der Waals surface area contributed by atoms with Crippen molar-refractivity contribution in [1.29, 1.82) is 0 Å². The van der Waals surface area contributed by atoms with E-state index in [9.17, 15) is 13.6 Å². The number of ether oxygens (including phenoxy) is 1. The van der Waals surface area contributed by atoms with Gasteiger partial charge in [-0.2, -0.15) is 0 Å². The second-order valence-corrected chi connectivity index (χ2v) is 7.25. The molecule has 0 radical (unpaired) electrons. The molecule has 3 N–H and O–H groups in total. The van der Waals surface area contributed by atoms with Crippen LogP contribution in [0.5, 0.6) is 5.75 Å². The van der Waals surface area contributed by atoms with Gasteiger partial charge < -0.3 is 15.8 Å². The van der Waals surface area contributed by atoms with Crippen LogP contribution >= 0.6 is 0 Å². The minimum absolute atomic E-state index is 0.165. The highest BCUT2D eigenvalue weighted by Gasteiger charge is 2.22. The van der Waals surface area contributed by atoms with Gasteiger partial charge in [-0.15, -0.1) is 0 Å². The predicted molar refractivity (Wildman–Crippen MR) is 112 cm³/mol. The first-order valence-electron chi connectivity index (χ1n) is 9.89. The molecule has 1 aromatic heterocycles. The van der Waals surface area contributed by atoms with Gasteiger partial charge in [0.15, 0.2) is 0 Å². The predicted octanol–water partition coefficient (Wildman–Crippen LogP) is 4.34. The van der Waals surface area contributed by atoms with E-state index in [-0.39, 0.29) is 18.1 Å². The molecule has 0 fully saturated rings. The molecule has 7 heteroatoms. The van der Waals surface area contributed by atoms with Crippen LogP contribution in [0, 0.1) is 11.6 Å². The maximum Gasteiger partial charge on any atom is 0.252 e. The van der Waals surface area contributed by atoms with Crippen molar-refractivity contribution < 1.29 is 18.3 Å². The van der Waals surface area contributed by atoms with Crippen molar-refractivity contribution in [3.8, 4) is 5.75 Å². The molecule has 3 aromatic rings. The topological polar surface area (TPSA) is 77.2 Å². The maximum atomic E-state index is 13.9. The van der Waals surface area contributed by atoms with Crippen LogP contribution in [-0.2, 0) is 6.61 Å². The number of benzene rings is 2. The minimum atomic E-state index is -0.680. The number of nitrogens with zero attached hydrogens (tertiary/aromatic N) is 1. The van der Waals surface area contributed by atoms with Crippen LogP contribution in [-0.4, -0.2) is 23.0 Å². The Balaban J connectivity index is 1.85. The van der Waals surface area contributed by atoms with Gasteiger partial charge in [-0.1, -0.05) is 32.0 Å². The monoisotopic (exact) mass is 413 g/mol. The number of para-hydroxylation sites is 1. The molecule has 0 unspecified atom stereocenters. The number of pyridine rings is 1. The third-order valence-electron chi connectivity index (χ3n) is 5.42. The zero-order chi connectivity index (χ0) is 21.7. The zero-order valence-corrected chi connectivity index (χ0v) is 17.0. The van der Waals surface area contributed by atoms with Gasteiger partial charge >= 0.3 is 0 Å².